The van der Waals surface area contributed by atoms with Crippen LogP contribution < -0.4 is 10.5 Å². The molecule has 19 heavy (non-hydrogen) atoms. The molecule has 0 aliphatic carbocycles. The molecule has 1 aromatic heterocycles. The maximum Gasteiger partial charge on any atom is 0.267 e. The van der Waals surface area contributed by atoms with Crippen molar-refractivity contribution in [2.45, 2.75) is 39.2 Å². The molecular weight excluding hydrogens is 318 g/mol. The molecule has 0 spiro atoms. The van der Waals surface area contributed by atoms with Gasteiger partial charge in [-0.25, -0.2) is 13.8 Å². The number of hydrogen-bond donors (Lipinski definition) is 1. The van der Waals surface area contributed by atoms with Crippen LogP contribution in [0.1, 0.15) is 39.2 Å². The third-order valence-corrected chi connectivity index (χ3v) is 2.93. The summed E-state index contributed by atoms with van der Waals surface area (Å²) < 4.78 is 31.5. The van der Waals surface area contributed by atoms with Crippen molar-refractivity contribution >= 4 is 15.9 Å². The van der Waals surface area contributed by atoms with Gasteiger partial charge in [0.2, 0.25) is 0 Å². The highest BCUT2D eigenvalue weighted by Crippen LogP contribution is 2.30. The Balaban J connectivity index is 2.67. The van der Waals surface area contributed by atoms with Crippen LogP contribution in [-0.4, -0.2) is 17.1 Å². The molecule has 0 aliphatic heterocycles. The average Bonchev–Trinajstić information content (AvgIpc) is 2.24. The third-order valence-electron chi connectivity index (χ3n) is 2.50. The van der Waals surface area contributed by atoms with E-state index in [1.807, 2.05) is 20.8 Å². The highest BCUT2D eigenvalue weighted by molar-refractivity contribution is 9.10. The van der Waals surface area contributed by atoms with Crippen LogP contribution in [0, 0.1) is 5.92 Å². The number of pyridine rings is 1. The molecule has 0 saturated heterocycles. The van der Waals surface area contributed by atoms with E-state index in [0.29, 0.717) is 11.2 Å². The van der Waals surface area contributed by atoms with E-state index >= 15 is 0 Å². The molecule has 1 aromatic rings. The Morgan fingerprint density at radius 3 is 2.63 bits per heavy atom. The van der Waals surface area contributed by atoms with Crippen LogP contribution in [0.25, 0.3) is 0 Å². The fourth-order valence-electron chi connectivity index (χ4n) is 1.91. The Bertz CT molecular complexity index is 422. The Morgan fingerprint density at radius 1 is 1.47 bits per heavy atom. The van der Waals surface area contributed by atoms with E-state index in [9.17, 15) is 8.78 Å². The Hall–Kier alpha value is -0.750. The smallest absolute Gasteiger partial charge is 0.267 e. The molecule has 0 bridgehead atoms. The first kappa shape index (κ1) is 16.3. The van der Waals surface area contributed by atoms with E-state index < -0.39 is 6.43 Å². The molecule has 0 unspecified atom stereocenters. The second-order valence-electron chi connectivity index (χ2n) is 5.45. The maximum atomic E-state index is 12.9. The van der Waals surface area contributed by atoms with Crippen molar-refractivity contribution in [1.82, 2.24) is 4.98 Å². The first-order valence-corrected chi connectivity index (χ1v) is 6.83. The zero-order valence-corrected chi connectivity index (χ0v) is 12.9. The summed E-state index contributed by atoms with van der Waals surface area (Å²) in [5, 5.41) is 0. The van der Waals surface area contributed by atoms with E-state index in [4.69, 9.17) is 10.5 Å². The lowest BCUT2D eigenvalue weighted by Crippen LogP contribution is -2.35. The van der Waals surface area contributed by atoms with E-state index in [1.165, 1.54) is 12.3 Å². The lowest BCUT2D eigenvalue weighted by molar-refractivity contribution is 0.141. The molecule has 0 aromatic carbocycles. The number of nitrogens with two attached hydrogens (primary N) is 1. The summed E-state index contributed by atoms with van der Waals surface area (Å²) in [6.45, 7) is 6.16. The largest absolute Gasteiger partial charge is 0.491 e. The Morgan fingerprint density at radius 2 is 2.11 bits per heavy atom. The molecule has 0 saturated carbocycles. The molecule has 6 heteroatoms. The minimum atomic E-state index is -2.59. The molecule has 108 valence electrons. The third kappa shape index (κ3) is 5.82. The zero-order valence-electron chi connectivity index (χ0n) is 11.3. The molecule has 2 N–H and O–H groups in total. The van der Waals surface area contributed by atoms with E-state index in [0.717, 1.165) is 6.42 Å². The topological polar surface area (TPSA) is 48.1 Å². The zero-order chi connectivity index (χ0) is 14.6. The first-order valence-electron chi connectivity index (χ1n) is 6.04. The molecule has 0 aliphatic rings. The van der Waals surface area contributed by atoms with Gasteiger partial charge in [0, 0.05) is 5.54 Å². The van der Waals surface area contributed by atoms with E-state index in [2.05, 4.69) is 20.9 Å². The van der Waals surface area contributed by atoms with Crippen LogP contribution in [0.15, 0.2) is 16.9 Å². The van der Waals surface area contributed by atoms with Crippen molar-refractivity contribution in [1.29, 1.82) is 0 Å². The van der Waals surface area contributed by atoms with E-state index in [1.54, 1.807) is 0 Å². The highest BCUT2D eigenvalue weighted by Gasteiger charge is 2.19. The van der Waals surface area contributed by atoms with Gasteiger partial charge in [0.15, 0.2) is 0 Å². The molecule has 0 amide bonds. The fourth-order valence-corrected chi connectivity index (χ4v) is 2.26. The fraction of sp³-hybridized carbons (Fsp3) is 0.615. The number of rotatable bonds is 6. The van der Waals surface area contributed by atoms with Gasteiger partial charge in [0.1, 0.15) is 10.4 Å². The SMILES string of the molecule is C[C@H](COc1cnc(Br)cc1C(F)F)CC(C)(C)N. The van der Waals surface area contributed by atoms with Gasteiger partial charge in [-0.3, -0.25) is 0 Å². The lowest BCUT2D eigenvalue weighted by Gasteiger charge is -2.23. The van der Waals surface area contributed by atoms with Gasteiger partial charge in [0.05, 0.1) is 18.4 Å². The summed E-state index contributed by atoms with van der Waals surface area (Å²) >= 11 is 3.07. The summed E-state index contributed by atoms with van der Waals surface area (Å²) in [6, 6.07) is 1.28. The Kier molecular flexibility index (Phi) is 5.67. The number of hydrogen-bond acceptors (Lipinski definition) is 3. The van der Waals surface area contributed by atoms with Gasteiger partial charge in [-0.05, 0) is 48.2 Å². The molecular formula is C13H19BrF2N2O. The number of aromatic nitrogens is 1. The van der Waals surface area contributed by atoms with Crippen LogP contribution in [0.3, 0.4) is 0 Å². The van der Waals surface area contributed by atoms with Crippen LogP contribution in [0.2, 0.25) is 0 Å². The first-order chi connectivity index (χ1) is 8.69. The van der Waals surface area contributed by atoms with Gasteiger partial charge < -0.3 is 10.5 Å². The predicted octanol–water partition coefficient (Wildman–Crippen LogP) is 3.92. The second kappa shape index (κ2) is 6.61. The van der Waals surface area contributed by atoms with E-state index in [-0.39, 0.29) is 22.8 Å². The quantitative estimate of drug-likeness (QED) is 0.801. The molecule has 0 fully saturated rings. The van der Waals surface area contributed by atoms with Gasteiger partial charge in [0.25, 0.3) is 6.43 Å². The van der Waals surface area contributed by atoms with Crippen LogP contribution in [-0.2, 0) is 0 Å². The van der Waals surface area contributed by atoms with Crippen molar-refractivity contribution in [2.24, 2.45) is 11.7 Å². The second-order valence-corrected chi connectivity index (χ2v) is 6.27. The summed E-state index contributed by atoms with van der Waals surface area (Å²) in [7, 11) is 0. The van der Waals surface area contributed by atoms with Gasteiger partial charge in [-0.2, -0.15) is 0 Å². The molecule has 1 rings (SSSR count). The normalized spacial score (nSPS) is 13.7. The molecule has 0 radical (unpaired) electrons. The molecule has 3 nitrogen and oxygen atoms in total. The van der Waals surface area contributed by atoms with Gasteiger partial charge in [-0.1, -0.05) is 6.92 Å². The monoisotopic (exact) mass is 336 g/mol. The summed E-state index contributed by atoms with van der Waals surface area (Å²) in [4.78, 5) is 3.91. The van der Waals surface area contributed by atoms with Crippen molar-refractivity contribution in [3.05, 3.63) is 22.4 Å². The van der Waals surface area contributed by atoms with Gasteiger partial charge in [-0.15, -0.1) is 0 Å². The number of alkyl halides is 2. The standard InChI is InChI=1S/C13H19BrF2N2O/c1-8(5-13(2,3)17)7-19-10-6-18-11(14)4-9(10)12(15)16/h4,6,8,12H,5,7,17H2,1-3H3/t8-/m0/s1. The number of halogens is 3. The minimum absolute atomic E-state index is 0.125. The van der Waals surface area contributed by atoms with Crippen LogP contribution in [0.4, 0.5) is 8.78 Å². The molecule has 1 atom stereocenters. The van der Waals surface area contributed by atoms with Crippen molar-refractivity contribution in [3.63, 3.8) is 0 Å². The molecule has 1 heterocycles. The summed E-state index contributed by atoms with van der Waals surface area (Å²) in [5.41, 5.74) is 5.46. The van der Waals surface area contributed by atoms with Gasteiger partial charge >= 0.3 is 0 Å². The van der Waals surface area contributed by atoms with Crippen molar-refractivity contribution in [3.8, 4) is 5.75 Å². The van der Waals surface area contributed by atoms with Crippen molar-refractivity contribution < 1.29 is 13.5 Å². The minimum Gasteiger partial charge on any atom is -0.491 e. The lowest BCUT2D eigenvalue weighted by atomic mass is 9.93. The summed E-state index contributed by atoms with van der Waals surface area (Å²) in [5.74, 6) is 0.300. The number of nitrogens with zero attached hydrogens (tertiary/aromatic N) is 1. The predicted molar refractivity (Wildman–Crippen MR) is 74.4 cm³/mol. The number of ether oxygens (including phenoxy) is 1. The van der Waals surface area contributed by atoms with Crippen LogP contribution >= 0.6 is 15.9 Å². The highest BCUT2D eigenvalue weighted by atomic mass is 79.9. The van der Waals surface area contributed by atoms with Crippen LogP contribution in [0.5, 0.6) is 5.75 Å². The summed E-state index contributed by atoms with van der Waals surface area (Å²) in [6.07, 6.45) is -0.525. The Labute approximate surface area is 120 Å². The van der Waals surface area contributed by atoms with Crippen molar-refractivity contribution in [2.75, 3.05) is 6.61 Å². The average molecular weight is 337 g/mol. The maximum absolute atomic E-state index is 12.9.